The first kappa shape index (κ1) is 17.3. The lowest BCUT2D eigenvalue weighted by Crippen LogP contribution is -2.48. The maximum absolute atomic E-state index is 12.4. The van der Waals surface area contributed by atoms with E-state index in [9.17, 15) is 10.1 Å². The minimum Gasteiger partial charge on any atom is -0.307 e. The second-order valence-electron chi connectivity index (χ2n) is 8.75. The summed E-state index contributed by atoms with van der Waals surface area (Å²) in [4.78, 5) is 15.0. The Morgan fingerprint density at radius 1 is 1.23 bits per heavy atom. The zero-order chi connectivity index (χ0) is 18.5. The first-order valence-electron chi connectivity index (χ1n) is 9.52. The average Bonchev–Trinajstić information content (AvgIpc) is 2.99. The van der Waals surface area contributed by atoms with Crippen LogP contribution in [0.1, 0.15) is 50.7 Å². The molecule has 1 radical (unpaired) electrons. The van der Waals surface area contributed by atoms with Gasteiger partial charge in [-0.05, 0) is 48.7 Å². The van der Waals surface area contributed by atoms with Crippen LogP contribution in [0.2, 0.25) is 0 Å². The highest BCUT2D eigenvalue weighted by Gasteiger charge is 2.36. The largest absolute Gasteiger partial charge is 0.307 e. The van der Waals surface area contributed by atoms with E-state index in [0.717, 1.165) is 48.0 Å². The molecule has 0 bridgehead atoms. The predicted molar refractivity (Wildman–Crippen MR) is 104 cm³/mol. The van der Waals surface area contributed by atoms with Crippen molar-refractivity contribution < 1.29 is 0 Å². The monoisotopic (exact) mass is 348 g/mol. The molecule has 4 rings (SSSR count). The number of hydrogen-bond donors (Lipinski definition) is 0. The summed E-state index contributed by atoms with van der Waals surface area (Å²) >= 11 is 0. The summed E-state index contributed by atoms with van der Waals surface area (Å²) in [5.74, 6) is 0.200. The number of nitriles is 1. The van der Waals surface area contributed by atoms with E-state index >= 15 is 0 Å². The maximum atomic E-state index is 12.4. The van der Waals surface area contributed by atoms with Gasteiger partial charge in [0.1, 0.15) is 0 Å². The Bertz CT molecular complexity index is 945. The third-order valence-corrected chi connectivity index (χ3v) is 6.03. The van der Waals surface area contributed by atoms with Crippen molar-refractivity contribution in [3.05, 3.63) is 52.2 Å². The van der Waals surface area contributed by atoms with Crippen LogP contribution in [0.15, 0.2) is 29.1 Å². The van der Waals surface area contributed by atoms with E-state index in [2.05, 4.69) is 38.2 Å². The van der Waals surface area contributed by atoms with Crippen LogP contribution in [0, 0.1) is 23.2 Å². The fourth-order valence-corrected chi connectivity index (χ4v) is 4.82. The lowest BCUT2D eigenvalue weighted by molar-refractivity contribution is 0.0739. The highest BCUT2D eigenvalue weighted by molar-refractivity contribution is 5.86. The number of likely N-dealkylation sites (tertiary alicyclic amines) is 1. The van der Waals surface area contributed by atoms with Gasteiger partial charge < -0.3 is 4.57 Å². The van der Waals surface area contributed by atoms with Crippen LogP contribution < -0.4 is 5.56 Å². The summed E-state index contributed by atoms with van der Waals surface area (Å²) in [7, 11) is 0. The Morgan fingerprint density at radius 2 is 2.00 bits per heavy atom. The summed E-state index contributed by atoms with van der Waals surface area (Å²) in [6.07, 6.45) is 4.63. The molecule has 2 atom stereocenters. The van der Waals surface area contributed by atoms with Crippen molar-refractivity contribution in [2.45, 2.75) is 52.1 Å². The minimum absolute atomic E-state index is 0.0377. The molecule has 3 heterocycles. The van der Waals surface area contributed by atoms with Gasteiger partial charge in [-0.1, -0.05) is 26.8 Å². The molecule has 1 fully saturated rings. The third kappa shape index (κ3) is 2.75. The smallest absolute Gasteiger partial charge is 0.251 e. The van der Waals surface area contributed by atoms with Crippen LogP contribution in [0.4, 0.5) is 0 Å². The zero-order valence-corrected chi connectivity index (χ0v) is 15.8. The molecule has 2 unspecified atom stereocenters. The second-order valence-corrected chi connectivity index (χ2v) is 8.75. The molecule has 0 saturated carbocycles. The Morgan fingerprint density at radius 3 is 2.73 bits per heavy atom. The number of aromatic nitrogens is 1. The molecule has 4 nitrogen and oxygen atoms in total. The van der Waals surface area contributed by atoms with Crippen LogP contribution in [-0.4, -0.2) is 28.6 Å². The van der Waals surface area contributed by atoms with Gasteiger partial charge in [0.05, 0.1) is 17.1 Å². The molecule has 4 heteroatoms. The van der Waals surface area contributed by atoms with Gasteiger partial charge in [0.25, 0.3) is 5.56 Å². The van der Waals surface area contributed by atoms with E-state index in [1.54, 1.807) is 6.07 Å². The first-order valence-corrected chi connectivity index (χ1v) is 9.52. The molecule has 1 saturated heterocycles. The topological polar surface area (TPSA) is 49.0 Å². The molecular formula is C22H26N3O. The van der Waals surface area contributed by atoms with Crippen molar-refractivity contribution >= 4 is 10.9 Å². The average molecular weight is 348 g/mol. The second kappa shape index (κ2) is 6.25. The van der Waals surface area contributed by atoms with Gasteiger partial charge in [-0.25, -0.2) is 0 Å². The van der Waals surface area contributed by atoms with Crippen molar-refractivity contribution in [3.63, 3.8) is 0 Å². The molecule has 0 N–H and O–H groups in total. The van der Waals surface area contributed by atoms with Crippen molar-refractivity contribution in [1.29, 1.82) is 5.26 Å². The minimum atomic E-state index is 0.0377. The molecule has 0 aliphatic carbocycles. The first-order chi connectivity index (χ1) is 12.4. The quantitative estimate of drug-likeness (QED) is 0.832. The van der Waals surface area contributed by atoms with E-state index in [1.807, 2.05) is 22.8 Å². The van der Waals surface area contributed by atoms with Crippen molar-refractivity contribution in [2.75, 3.05) is 13.1 Å². The lowest BCUT2D eigenvalue weighted by atomic mass is 9.80. The number of nitrogens with zero attached hydrogens (tertiary/aromatic N) is 3. The van der Waals surface area contributed by atoms with Gasteiger partial charge >= 0.3 is 0 Å². The third-order valence-electron chi connectivity index (χ3n) is 6.03. The van der Waals surface area contributed by atoms with Gasteiger partial charge in [-0.2, -0.15) is 5.26 Å². The number of piperidine rings is 1. The van der Waals surface area contributed by atoms with Gasteiger partial charge in [0.2, 0.25) is 0 Å². The Balaban J connectivity index is 1.75. The van der Waals surface area contributed by atoms with Gasteiger partial charge in [0, 0.05) is 36.7 Å². The van der Waals surface area contributed by atoms with E-state index < -0.39 is 0 Å². The molecule has 2 aliphatic heterocycles. The fourth-order valence-electron chi connectivity index (χ4n) is 4.82. The number of benzene rings is 1. The van der Waals surface area contributed by atoms with Crippen molar-refractivity contribution in [2.24, 2.45) is 5.41 Å². The molecule has 0 amide bonds. The molecule has 2 aliphatic rings. The van der Waals surface area contributed by atoms with Crippen LogP contribution in [0.3, 0.4) is 0 Å². The molecule has 0 spiro atoms. The zero-order valence-electron chi connectivity index (χ0n) is 15.8. The van der Waals surface area contributed by atoms with Crippen molar-refractivity contribution in [1.82, 2.24) is 9.47 Å². The Labute approximate surface area is 155 Å². The SMILES string of the molecule is CC(C)(C)C1C[CH]CCN1CC1Cn2c(=O)ccc3ccc(C#N)c1c32. The molecule has 1 aromatic carbocycles. The number of pyridine rings is 1. The Hall–Kier alpha value is -2.12. The maximum Gasteiger partial charge on any atom is 0.251 e. The molecule has 2 aromatic rings. The summed E-state index contributed by atoms with van der Waals surface area (Å²) < 4.78 is 1.87. The van der Waals surface area contributed by atoms with Gasteiger partial charge in [0.15, 0.2) is 0 Å². The summed E-state index contributed by atoms with van der Waals surface area (Å²) in [5.41, 5.74) is 3.01. The van der Waals surface area contributed by atoms with Crippen LogP contribution >= 0.6 is 0 Å². The molecule has 26 heavy (non-hydrogen) atoms. The molecule has 1 aromatic heterocycles. The van der Waals surface area contributed by atoms with Gasteiger partial charge in [-0.15, -0.1) is 0 Å². The van der Waals surface area contributed by atoms with Gasteiger partial charge in [-0.3, -0.25) is 9.69 Å². The Kier molecular flexibility index (Phi) is 4.16. The lowest BCUT2D eigenvalue weighted by Gasteiger charge is -2.44. The number of rotatable bonds is 2. The summed E-state index contributed by atoms with van der Waals surface area (Å²) in [6, 6.07) is 10.3. The van der Waals surface area contributed by atoms with E-state index in [1.165, 1.54) is 0 Å². The standard InChI is InChI=1S/C22H26N3O/c1-22(2,3)18-6-4-5-11-24(18)13-17-14-25-19(26)10-9-15-7-8-16(12-23)20(17)21(15)25/h4,7-10,17-18H,5-6,11,13-14H2,1-3H3. The van der Waals surface area contributed by atoms with E-state index in [0.29, 0.717) is 12.6 Å². The normalized spacial score (nSPS) is 23.3. The van der Waals surface area contributed by atoms with Crippen molar-refractivity contribution in [3.8, 4) is 6.07 Å². The van der Waals surface area contributed by atoms with Crippen LogP contribution in [0.25, 0.3) is 10.9 Å². The summed E-state index contributed by atoms with van der Waals surface area (Å²) in [6.45, 7) is 9.56. The number of hydrogen-bond acceptors (Lipinski definition) is 3. The van der Waals surface area contributed by atoms with Crippen LogP contribution in [-0.2, 0) is 6.54 Å². The van der Waals surface area contributed by atoms with E-state index in [-0.39, 0.29) is 16.9 Å². The highest BCUT2D eigenvalue weighted by atomic mass is 16.1. The van der Waals surface area contributed by atoms with Crippen LogP contribution in [0.5, 0.6) is 0 Å². The molecular weight excluding hydrogens is 322 g/mol. The van der Waals surface area contributed by atoms with E-state index in [4.69, 9.17) is 0 Å². The highest BCUT2D eigenvalue weighted by Crippen LogP contribution is 2.38. The predicted octanol–water partition coefficient (Wildman–Crippen LogP) is 3.69. The summed E-state index contributed by atoms with van der Waals surface area (Å²) in [5, 5.41) is 10.7. The molecule has 135 valence electrons. The fraction of sp³-hybridized carbons (Fsp3) is 0.500.